The summed E-state index contributed by atoms with van der Waals surface area (Å²) < 4.78 is 16.9. The first kappa shape index (κ1) is 73.3. The first-order chi connectivity index (χ1) is 38.0. The normalized spacial score (nSPS) is 12.7. The lowest BCUT2D eigenvalue weighted by Gasteiger charge is -2.18. The van der Waals surface area contributed by atoms with Gasteiger partial charge in [0.15, 0.2) is 6.10 Å². The third-order valence-electron chi connectivity index (χ3n) is 14.1. The summed E-state index contributed by atoms with van der Waals surface area (Å²) in [6.07, 6.45) is 87.1. The summed E-state index contributed by atoms with van der Waals surface area (Å²) in [5.74, 6) is -0.878. The van der Waals surface area contributed by atoms with E-state index in [1.165, 1.54) is 167 Å². The van der Waals surface area contributed by atoms with Crippen LogP contribution in [0.2, 0.25) is 0 Å². The number of carbonyl (C=O) groups excluding carboxylic acids is 3. The number of unbranched alkanes of at least 4 members (excludes halogenated alkanes) is 32. The highest BCUT2D eigenvalue weighted by Gasteiger charge is 2.19. The predicted molar refractivity (Wildman–Crippen MR) is 334 cm³/mol. The monoisotopic (exact) mass is 1070 g/mol. The van der Waals surface area contributed by atoms with Crippen molar-refractivity contribution in [2.45, 2.75) is 322 Å². The van der Waals surface area contributed by atoms with E-state index in [1.54, 1.807) is 0 Å². The average molecular weight is 1070 g/mol. The van der Waals surface area contributed by atoms with Gasteiger partial charge in [-0.1, -0.05) is 291 Å². The summed E-state index contributed by atoms with van der Waals surface area (Å²) >= 11 is 0. The lowest BCUT2D eigenvalue weighted by atomic mass is 10.0. The van der Waals surface area contributed by atoms with E-state index < -0.39 is 6.10 Å². The molecule has 0 aromatic heterocycles. The lowest BCUT2D eigenvalue weighted by molar-refractivity contribution is -0.167. The van der Waals surface area contributed by atoms with E-state index in [0.717, 1.165) is 109 Å². The number of hydrogen-bond donors (Lipinski definition) is 0. The molecule has 0 aromatic carbocycles. The van der Waals surface area contributed by atoms with Crippen molar-refractivity contribution in [2.75, 3.05) is 13.2 Å². The molecule has 0 amide bonds. The van der Waals surface area contributed by atoms with Gasteiger partial charge in [0.25, 0.3) is 0 Å². The Hall–Kier alpha value is -3.67. The van der Waals surface area contributed by atoms with E-state index in [0.29, 0.717) is 19.3 Å². The van der Waals surface area contributed by atoms with E-state index in [1.807, 2.05) is 0 Å². The van der Waals surface area contributed by atoms with Crippen LogP contribution in [0.5, 0.6) is 0 Å². The molecule has 0 radical (unpaired) electrons. The molecule has 0 aliphatic rings. The maximum absolute atomic E-state index is 12.9. The molecule has 0 saturated heterocycles. The highest BCUT2D eigenvalue weighted by Crippen LogP contribution is 2.16. The molecular weight excluding hydrogens is 949 g/mol. The molecule has 0 rings (SSSR count). The summed E-state index contributed by atoms with van der Waals surface area (Å²) in [6, 6.07) is 0. The largest absolute Gasteiger partial charge is 0.462 e. The van der Waals surface area contributed by atoms with Crippen molar-refractivity contribution in [1.29, 1.82) is 0 Å². The standard InChI is InChI=1S/C71H122O6/c1-4-7-10-13-16-19-22-25-27-28-29-30-31-32-33-34-35-36-37-38-39-40-41-42-43-44-45-47-49-52-55-58-61-64-70(73)76-67-68(66-75-69(72)63-60-57-54-51-48-24-21-18-15-12-9-6-3)77-71(74)65-62-59-56-53-50-46-26-23-20-17-14-11-8-5-2/h7,10,16,18-19,21,25,27,29-30,32-33,35-36,38-39,68H,4-6,8-9,11-15,17,20,22-24,26,28,31,34,37,40-67H2,1-3H3/b10-7-,19-16-,21-18-,27-25-,30-29-,33-32-,36-35-,39-38-. The van der Waals surface area contributed by atoms with Crippen LogP contribution in [0.1, 0.15) is 316 Å². The second-order valence-corrected chi connectivity index (χ2v) is 21.6. The Kier molecular flexibility index (Phi) is 61.8. The zero-order valence-electron chi connectivity index (χ0n) is 50.7. The molecule has 442 valence electrons. The van der Waals surface area contributed by atoms with E-state index in [2.05, 4.69) is 118 Å². The van der Waals surface area contributed by atoms with Crippen LogP contribution in [0.15, 0.2) is 97.2 Å². The van der Waals surface area contributed by atoms with Gasteiger partial charge in [-0.2, -0.15) is 0 Å². The van der Waals surface area contributed by atoms with Gasteiger partial charge in [0.1, 0.15) is 13.2 Å². The van der Waals surface area contributed by atoms with Gasteiger partial charge in [-0.25, -0.2) is 0 Å². The Morgan fingerprint density at radius 3 is 0.831 bits per heavy atom. The fourth-order valence-corrected chi connectivity index (χ4v) is 9.18. The summed E-state index contributed by atoms with van der Waals surface area (Å²) in [4.78, 5) is 38.2. The zero-order valence-corrected chi connectivity index (χ0v) is 50.7. The molecule has 0 aliphatic carbocycles. The number of hydrogen-bond acceptors (Lipinski definition) is 6. The van der Waals surface area contributed by atoms with Crippen LogP contribution >= 0.6 is 0 Å². The van der Waals surface area contributed by atoms with E-state index in [-0.39, 0.29) is 31.1 Å². The number of ether oxygens (including phenoxy) is 3. The van der Waals surface area contributed by atoms with Gasteiger partial charge in [-0.05, 0) is 103 Å². The fraction of sp³-hybridized carbons (Fsp3) is 0.732. The molecule has 1 unspecified atom stereocenters. The molecule has 0 aromatic rings. The highest BCUT2D eigenvalue weighted by molar-refractivity contribution is 5.71. The molecule has 6 heteroatoms. The van der Waals surface area contributed by atoms with Crippen molar-refractivity contribution >= 4 is 17.9 Å². The van der Waals surface area contributed by atoms with Gasteiger partial charge in [0.2, 0.25) is 0 Å². The maximum atomic E-state index is 12.9. The summed E-state index contributed by atoms with van der Waals surface area (Å²) in [6.45, 7) is 6.52. The Balaban J connectivity index is 4.18. The summed E-state index contributed by atoms with van der Waals surface area (Å²) in [5.41, 5.74) is 0. The van der Waals surface area contributed by atoms with E-state index in [9.17, 15) is 14.4 Å². The maximum Gasteiger partial charge on any atom is 0.306 e. The molecule has 77 heavy (non-hydrogen) atoms. The van der Waals surface area contributed by atoms with Crippen LogP contribution in [0.25, 0.3) is 0 Å². The molecule has 0 spiro atoms. The lowest BCUT2D eigenvalue weighted by Crippen LogP contribution is -2.30. The summed E-state index contributed by atoms with van der Waals surface area (Å²) in [7, 11) is 0. The van der Waals surface area contributed by atoms with Crippen LogP contribution in [0.3, 0.4) is 0 Å². The van der Waals surface area contributed by atoms with Gasteiger partial charge in [-0.15, -0.1) is 0 Å². The zero-order chi connectivity index (χ0) is 55.7. The van der Waals surface area contributed by atoms with Crippen LogP contribution < -0.4 is 0 Å². The van der Waals surface area contributed by atoms with Gasteiger partial charge >= 0.3 is 17.9 Å². The van der Waals surface area contributed by atoms with Gasteiger partial charge in [0, 0.05) is 19.3 Å². The molecule has 0 saturated carbocycles. The van der Waals surface area contributed by atoms with Gasteiger partial charge in [0.05, 0.1) is 0 Å². The number of allylic oxidation sites excluding steroid dienone is 16. The second kappa shape index (κ2) is 64.9. The molecule has 0 N–H and O–H groups in total. The first-order valence-electron chi connectivity index (χ1n) is 32.7. The smallest absolute Gasteiger partial charge is 0.306 e. The van der Waals surface area contributed by atoms with Crippen molar-refractivity contribution in [3.05, 3.63) is 97.2 Å². The second-order valence-electron chi connectivity index (χ2n) is 21.6. The molecular formula is C71H122O6. The Labute approximate surface area is 477 Å². The average Bonchev–Trinajstić information content (AvgIpc) is 3.43. The quantitative estimate of drug-likeness (QED) is 0.0261. The number of rotatable bonds is 59. The third kappa shape index (κ3) is 63.0. The minimum Gasteiger partial charge on any atom is -0.462 e. The van der Waals surface area contributed by atoms with E-state index >= 15 is 0 Å². The molecule has 0 heterocycles. The van der Waals surface area contributed by atoms with Crippen LogP contribution in [-0.4, -0.2) is 37.2 Å². The molecule has 1 atom stereocenters. The predicted octanol–water partition coefficient (Wildman–Crippen LogP) is 22.4. The van der Waals surface area contributed by atoms with Crippen LogP contribution in [-0.2, 0) is 28.6 Å². The van der Waals surface area contributed by atoms with Crippen molar-refractivity contribution in [1.82, 2.24) is 0 Å². The number of esters is 3. The third-order valence-corrected chi connectivity index (χ3v) is 14.1. The Morgan fingerprint density at radius 2 is 0.506 bits per heavy atom. The Bertz CT molecular complexity index is 1510. The summed E-state index contributed by atoms with van der Waals surface area (Å²) in [5, 5.41) is 0. The molecule has 6 nitrogen and oxygen atoms in total. The van der Waals surface area contributed by atoms with Crippen molar-refractivity contribution in [3.63, 3.8) is 0 Å². The minimum atomic E-state index is -0.779. The SMILES string of the molecule is CC/C=C\C/C=C\C/C=C\C/C=C\C/C=C\C/C=C\C/C=C\CCCCCCCCCCCCCC(=O)OCC(COC(=O)CCCCCCC/C=C\CCCCC)OC(=O)CCCCCCCCCCCCCCCC. The first-order valence-corrected chi connectivity index (χ1v) is 32.7. The van der Waals surface area contributed by atoms with Crippen LogP contribution in [0, 0.1) is 0 Å². The van der Waals surface area contributed by atoms with Gasteiger partial charge in [-0.3, -0.25) is 14.4 Å². The Morgan fingerprint density at radius 1 is 0.273 bits per heavy atom. The molecule has 0 bridgehead atoms. The topological polar surface area (TPSA) is 78.9 Å². The minimum absolute atomic E-state index is 0.0780. The highest BCUT2D eigenvalue weighted by atomic mass is 16.6. The van der Waals surface area contributed by atoms with Crippen molar-refractivity contribution in [3.8, 4) is 0 Å². The van der Waals surface area contributed by atoms with Crippen molar-refractivity contribution in [2.24, 2.45) is 0 Å². The molecule has 0 fully saturated rings. The van der Waals surface area contributed by atoms with Gasteiger partial charge < -0.3 is 14.2 Å². The fourth-order valence-electron chi connectivity index (χ4n) is 9.18. The van der Waals surface area contributed by atoms with Crippen LogP contribution in [0.4, 0.5) is 0 Å². The molecule has 0 aliphatic heterocycles. The van der Waals surface area contributed by atoms with Crippen molar-refractivity contribution < 1.29 is 28.6 Å². The van der Waals surface area contributed by atoms with E-state index in [4.69, 9.17) is 14.2 Å². The number of carbonyl (C=O) groups is 3.